The van der Waals surface area contributed by atoms with Gasteiger partial charge in [0.05, 0.1) is 12.1 Å². The first kappa shape index (κ1) is 13.3. The van der Waals surface area contributed by atoms with Crippen LogP contribution < -0.4 is 0 Å². The minimum Gasteiger partial charge on any atom is -0.385 e. The lowest BCUT2D eigenvalue weighted by Crippen LogP contribution is -2.42. The number of nitrogens with zero attached hydrogens (tertiary/aromatic N) is 2. The van der Waals surface area contributed by atoms with Crippen molar-refractivity contribution in [2.24, 2.45) is 0 Å². The Morgan fingerprint density at radius 3 is 2.80 bits per heavy atom. The molecule has 1 aromatic carbocycles. The van der Waals surface area contributed by atoms with Crippen molar-refractivity contribution in [2.45, 2.75) is 31.9 Å². The summed E-state index contributed by atoms with van der Waals surface area (Å²) in [5, 5.41) is 10.9. The zero-order valence-corrected chi connectivity index (χ0v) is 11.8. The van der Waals surface area contributed by atoms with Crippen LogP contribution in [0.4, 0.5) is 0 Å². The van der Waals surface area contributed by atoms with E-state index in [4.69, 9.17) is 0 Å². The van der Waals surface area contributed by atoms with Gasteiger partial charge in [0.1, 0.15) is 5.82 Å². The number of aliphatic hydroxyl groups is 1. The Morgan fingerprint density at radius 2 is 2.15 bits per heavy atom. The van der Waals surface area contributed by atoms with Crippen molar-refractivity contribution in [1.29, 1.82) is 0 Å². The van der Waals surface area contributed by atoms with Crippen LogP contribution in [-0.2, 0) is 12.1 Å². The van der Waals surface area contributed by atoms with Gasteiger partial charge in [-0.3, -0.25) is 4.90 Å². The number of hydrogen-bond acceptors (Lipinski definition) is 3. The molecule has 1 saturated heterocycles. The number of aromatic amines is 1. The lowest BCUT2D eigenvalue weighted by Gasteiger charge is -2.38. The monoisotopic (exact) mass is 271 g/mol. The van der Waals surface area contributed by atoms with Crippen LogP contribution in [0.25, 0.3) is 0 Å². The van der Waals surface area contributed by atoms with E-state index in [-0.39, 0.29) is 0 Å². The fourth-order valence-electron chi connectivity index (χ4n) is 2.90. The van der Waals surface area contributed by atoms with Crippen LogP contribution in [-0.4, -0.2) is 33.1 Å². The van der Waals surface area contributed by atoms with Gasteiger partial charge < -0.3 is 10.1 Å². The molecule has 0 aliphatic carbocycles. The van der Waals surface area contributed by atoms with Crippen molar-refractivity contribution in [2.75, 3.05) is 13.1 Å². The predicted molar refractivity (Wildman–Crippen MR) is 78.2 cm³/mol. The normalized spacial score (nSPS) is 19.1. The Labute approximate surface area is 119 Å². The summed E-state index contributed by atoms with van der Waals surface area (Å²) in [4.78, 5) is 9.72. The average molecular weight is 271 g/mol. The zero-order valence-electron chi connectivity index (χ0n) is 11.8. The van der Waals surface area contributed by atoms with E-state index in [2.05, 4.69) is 33.9 Å². The predicted octanol–water partition coefficient (Wildman–Crippen LogP) is 2.20. The molecule has 0 amide bonds. The second-order valence-electron chi connectivity index (χ2n) is 5.71. The first-order valence-electron chi connectivity index (χ1n) is 7.16. The molecule has 2 N–H and O–H groups in total. The standard InChI is InChI=1S/C16H21N3O/c1-13-3-2-4-14(11-13)16(20)5-9-19(10-6-16)12-15-17-7-8-18-15/h2-4,7-8,11,20H,5-6,9-10,12H2,1H3,(H,17,18). The van der Waals surface area contributed by atoms with E-state index in [1.807, 2.05) is 18.3 Å². The van der Waals surface area contributed by atoms with Gasteiger partial charge in [0, 0.05) is 25.5 Å². The first-order chi connectivity index (χ1) is 9.66. The Kier molecular flexibility index (Phi) is 3.59. The Bertz CT molecular complexity index is 557. The number of hydrogen-bond donors (Lipinski definition) is 2. The molecule has 106 valence electrons. The highest BCUT2D eigenvalue weighted by molar-refractivity contribution is 5.28. The number of imidazole rings is 1. The summed E-state index contributed by atoms with van der Waals surface area (Å²) in [5.41, 5.74) is 1.58. The van der Waals surface area contributed by atoms with Crippen LogP contribution in [0.15, 0.2) is 36.7 Å². The van der Waals surface area contributed by atoms with Crippen molar-refractivity contribution >= 4 is 0 Å². The molecule has 3 rings (SSSR count). The number of H-pyrrole nitrogens is 1. The van der Waals surface area contributed by atoms with Crippen LogP contribution in [0.3, 0.4) is 0 Å². The van der Waals surface area contributed by atoms with Gasteiger partial charge in [0.15, 0.2) is 0 Å². The van der Waals surface area contributed by atoms with Crippen LogP contribution in [0.2, 0.25) is 0 Å². The summed E-state index contributed by atoms with van der Waals surface area (Å²) >= 11 is 0. The second-order valence-corrected chi connectivity index (χ2v) is 5.71. The summed E-state index contributed by atoms with van der Waals surface area (Å²) in [5.74, 6) is 0.992. The molecule has 1 aliphatic rings. The molecular formula is C16H21N3O. The average Bonchev–Trinajstić information content (AvgIpc) is 2.95. The van der Waals surface area contributed by atoms with Gasteiger partial charge in [0.25, 0.3) is 0 Å². The number of likely N-dealkylation sites (tertiary alicyclic amines) is 1. The van der Waals surface area contributed by atoms with Crippen molar-refractivity contribution in [1.82, 2.24) is 14.9 Å². The number of nitrogens with one attached hydrogen (secondary N) is 1. The Hall–Kier alpha value is -1.65. The SMILES string of the molecule is Cc1cccc(C2(O)CCN(Cc3ncc[nH]3)CC2)c1. The minimum absolute atomic E-state index is 0.675. The van der Waals surface area contributed by atoms with Crippen LogP contribution in [0.1, 0.15) is 29.8 Å². The Morgan fingerprint density at radius 1 is 1.35 bits per heavy atom. The van der Waals surface area contributed by atoms with Gasteiger partial charge in [-0.05, 0) is 25.3 Å². The minimum atomic E-state index is -0.675. The van der Waals surface area contributed by atoms with E-state index < -0.39 is 5.60 Å². The molecule has 2 aromatic rings. The van der Waals surface area contributed by atoms with Crippen molar-refractivity contribution in [3.63, 3.8) is 0 Å². The fourth-order valence-corrected chi connectivity index (χ4v) is 2.90. The molecule has 4 nitrogen and oxygen atoms in total. The van der Waals surface area contributed by atoms with E-state index in [9.17, 15) is 5.11 Å². The third-order valence-electron chi connectivity index (χ3n) is 4.17. The van der Waals surface area contributed by atoms with E-state index in [1.165, 1.54) is 5.56 Å². The number of aromatic nitrogens is 2. The lowest BCUT2D eigenvalue weighted by molar-refractivity contribution is -0.0282. The van der Waals surface area contributed by atoms with Crippen molar-refractivity contribution < 1.29 is 5.11 Å². The van der Waals surface area contributed by atoms with Gasteiger partial charge in [-0.25, -0.2) is 4.98 Å². The smallest absolute Gasteiger partial charge is 0.120 e. The Balaban J connectivity index is 1.65. The molecule has 1 fully saturated rings. The van der Waals surface area contributed by atoms with Crippen molar-refractivity contribution in [3.8, 4) is 0 Å². The number of piperidine rings is 1. The van der Waals surface area contributed by atoms with E-state index in [0.717, 1.165) is 43.9 Å². The summed E-state index contributed by atoms with van der Waals surface area (Å²) in [6.45, 7) is 4.69. The molecule has 0 atom stereocenters. The highest BCUT2D eigenvalue weighted by atomic mass is 16.3. The molecule has 4 heteroatoms. The van der Waals surface area contributed by atoms with Gasteiger partial charge in [0.2, 0.25) is 0 Å². The fraction of sp³-hybridized carbons (Fsp3) is 0.438. The topological polar surface area (TPSA) is 52.1 Å². The molecule has 0 saturated carbocycles. The molecule has 1 aromatic heterocycles. The maximum atomic E-state index is 10.9. The summed E-state index contributed by atoms with van der Waals surface area (Å²) < 4.78 is 0. The lowest BCUT2D eigenvalue weighted by atomic mass is 9.84. The maximum Gasteiger partial charge on any atom is 0.120 e. The van der Waals surface area contributed by atoms with E-state index in [0.29, 0.717) is 0 Å². The molecule has 2 heterocycles. The van der Waals surface area contributed by atoms with Gasteiger partial charge in [-0.1, -0.05) is 29.8 Å². The second kappa shape index (κ2) is 5.38. The van der Waals surface area contributed by atoms with Crippen molar-refractivity contribution in [3.05, 3.63) is 53.6 Å². The molecule has 1 aliphatic heterocycles. The van der Waals surface area contributed by atoms with Crippen LogP contribution in [0.5, 0.6) is 0 Å². The third kappa shape index (κ3) is 2.76. The number of aryl methyl sites for hydroxylation is 1. The van der Waals surface area contributed by atoms with E-state index in [1.54, 1.807) is 6.20 Å². The van der Waals surface area contributed by atoms with Gasteiger partial charge in [-0.15, -0.1) is 0 Å². The van der Waals surface area contributed by atoms with E-state index >= 15 is 0 Å². The quantitative estimate of drug-likeness (QED) is 0.900. The summed E-state index contributed by atoms with van der Waals surface area (Å²) in [6.07, 6.45) is 5.18. The highest BCUT2D eigenvalue weighted by Gasteiger charge is 2.34. The summed E-state index contributed by atoms with van der Waals surface area (Å²) in [7, 11) is 0. The zero-order chi connectivity index (χ0) is 14.0. The van der Waals surface area contributed by atoms with Gasteiger partial charge in [-0.2, -0.15) is 0 Å². The number of benzene rings is 1. The molecule has 0 bridgehead atoms. The molecular weight excluding hydrogens is 250 g/mol. The molecule has 0 unspecified atom stereocenters. The molecule has 20 heavy (non-hydrogen) atoms. The highest BCUT2D eigenvalue weighted by Crippen LogP contribution is 2.33. The summed E-state index contributed by atoms with van der Waals surface area (Å²) in [6, 6.07) is 8.23. The largest absolute Gasteiger partial charge is 0.385 e. The molecule has 0 radical (unpaired) electrons. The number of rotatable bonds is 3. The van der Waals surface area contributed by atoms with Crippen LogP contribution in [0, 0.1) is 6.92 Å². The molecule has 0 spiro atoms. The van der Waals surface area contributed by atoms with Gasteiger partial charge >= 0.3 is 0 Å². The first-order valence-corrected chi connectivity index (χ1v) is 7.16. The van der Waals surface area contributed by atoms with Crippen LogP contribution >= 0.6 is 0 Å². The third-order valence-corrected chi connectivity index (χ3v) is 4.17. The maximum absolute atomic E-state index is 10.9.